The van der Waals surface area contributed by atoms with E-state index in [0.29, 0.717) is 6.42 Å². The molecule has 102 valence electrons. The standard InChI is InChI=1S/C13H26O4/c1-3-4-5-6-7-8-9-10-11(14)12(15)13(16)17-2/h11-12,14-15H,3-10H2,1-2H3/t11-,12+/m1/s1. The highest BCUT2D eigenvalue weighted by Crippen LogP contribution is 2.11. The number of carbonyl (C=O) groups is 1. The van der Waals surface area contributed by atoms with Gasteiger partial charge in [-0.15, -0.1) is 0 Å². The van der Waals surface area contributed by atoms with Gasteiger partial charge in [-0.3, -0.25) is 0 Å². The number of methoxy groups -OCH3 is 1. The van der Waals surface area contributed by atoms with Gasteiger partial charge < -0.3 is 14.9 Å². The van der Waals surface area contributed by atoms with Gasteiger partial charge in [-0.1, -0.05) is 51.9 Å². The summed E-state index contributed by atoms with van der Waals surface area (Å²) in [7, 11) is 1.20. The van der Waals surface area contributed by atoms with Crippen LogP contribution in [0.3, 0.4) is 0 Å². The Hall–Kier alpha value is -0.610. The maximum Gasteiger partial charge on any atom is 0.337 e. The van der Waals surface area contributed by atoms with Crippen molar-refractivity contribution >= 4 is 5.97 Å². The van der Waals surface area contributed by atoms with E-state index in [2.05, 4.69) is 11.7 Å². The molecular weight excluding hydrogens is 220 g/mol. The highest BCUT2D eigenvalue weighted by Gasteiger charge is 2.24. The molecule has 17 heavy (non-hydrogen) atoms. The Balaban J connectivity index is 3.44. The normalized spacial score (nSPS) is 14.4. The number of aliphatic hydroxyl groups is 2. The summed E-state index contributed by atoms with van der Waals surface area (Å²) >= 11 is 0. The summed E-state index contributed by atoms with van der Waals surface area (Å²) < 4.78 is 4.36. The van der Waals surface area contributed by atoms with Crippen LogP contribution in [0, 0.1) is 0 Å². The van der Waals surface area contributed by atoms with Crippen LogP contribution in [0.25, 0.3) is 0 Å². The van der Waals surface area contributed by atoms with Gasteiger partial charge in [0, 0.05) is 0 Å². The zero-order chi connectivity index (χ0) is 13.1. The average Bonchev–Trinajstić information content (AvgIpc) is 2.35. The molecule has 0 aliphatic rings. The molecule has 4 heteroatoms. The topological polar surface area (TPSA) is 66.8 Å². The summed E-state index contributed by atoms with van der Waals surface area (Å²) in [6.07, 6.45) is 6.08. The number of hydrogen-bond donors (Lipinski definition) is 2. The quantitative estimate of drug-likeness (QED) is 0.457. The Bertz CT molecular complexity index is 194. The largest absolute Gasteiger partial charge is 0.467 e. The van der Waals surface area contributed by atoms with Gasteiger partial charge in [0.25, 0.3) is 0 Å². The minimum absolute atomic E-state index is 0.448. The number of aliphatic hydroxyl groups excluding tert-OH is 2. The van der Waals surface area contributed by atoms with Crippen LogP contribution in [-0.2, 0) is 9.53 Å². The van der Waals surface area contributed by atoms with Gasteiger partial charge in [-0.25, -0.2) is 4.79 Å². The number of ether oxygens (including phenoxy) is 1. The lowest BCUT2D eigenvalue weighted by Gasteiger charge is -2.15. The molecule has 0 aromatic rings. The summed E-state index contributed by atoms with van der Waals surface area (Å²) in [4.78, 5) is 10.9. The van der Waals surface area contributed by atoms with Gasteiger partial charge in [0.15, 0.2) is 6.10 Å². The second-order valence-electron chi connectivity index (χ2n) is 4.45. The molecule has 0 spiro atoms. The molecule has 0 radical (unpaired) electrons. The Kier molecular flexibility index (Phi) is 10.2. The van der Waals surface area contributed by atoms with Crippen molar-refractivity contribution < 1.29 is 19.7 Å². The molecule has 0 amide bonds. The van der Waals surface area contributed by atoms with Crippen molar-refractivity contribution in [2.45, 2.75) is 70.5 Å². The third-order valence-corrected chi connectivity index (χ3v) is 2.91. The fourth-order valence-corrected chi connectivity index (χ4v) is 1.75. The zero-order valence-electron chi connectivity index (χ0n) is 11.0. The molecule has 2 atom stereocenters. The van der Waals surface area contributed by atoms with Crippen LogP contribution in [0.2, 0.25) is 0 Å². The molecule has 0 aliphatic heterocycles. The Morgan fingerprint density at radius 1 is 1.06 bits per heavy atom. The summed E-state index contributed by atoms with van der Waals surface area (Å²) in [5, 5.41) is 18.8. The third kappa shape index (κ3) is 8.16. The summed E-state index contributed by atoms with van der Waals surface area (Å²) in [6, 6.07) is 0. The molecule has 0 heterocycles. The number of esters is 1. The van der Waals surface area contributed by atoms with Gasteiger partial charge in [0.05, 0.1) is 13.2 Å². The smallest absolute Gasteiger partial charge is 0.337 e. The van der Waals surface area contributed by atoms with Crippen LogP contribution in [0.1, 0.15) is 58.3 Å². The lowest BCUT2D eigenvalue weighted by molar-refractivity contribution is -0.156. The van der Waals surface area contributed by atoms with E-state index in [0.717, 1.165) is 19.3 Å². The fourth-order valence-electron chi connectivity index (χ4n) is 1.75. The van der Waals surface area contributed by atoms with Crippen LogP contribution in [0.15, 0.2) is 0 Å². The van der Waals surface area contributed by atoms with E-state index >= 15 is 0 Å². The van der Waals surface area contributed by atoms with Gasteiger partial charge in [0.2, 0.25) is 0 Å². The third-order valence-electron chi connectivity index (χ3n) is 2.91. The number of rotatable bonds is 10. The van der Waals surface area contributed by atoms with Gasteiger partial charge >= 0.3 is 5.97 Å². The second kappa shape index (κ2) is 10.5. The first-order chi connectivity index (χ1) is 8.13. The van der Waals surface area contributed by atoms with E-state index in [1.165, 1.54) is 32.8 Å². The van der Waals surface area contributed by atoms with Crippen LogP contribution in [-0.4, -0.2) is 35.5 Å². The Morgan fingerprint density at radius 2 is 1.59 bits per heavy atom. The van der Waals surface area contributed by atoms with Crippen molar-refractivity contribution in [3.05, 3.63) is 0 Å². The molecule has 4 nitrogen and oxygen atoms in total. The highest BCUT2D eigenvalue weighted by molar-refractivity contribution is 5.74. The molecule has 0 bridgehead atoms. The van der Waals surface area contributed by atoms with Crippen LogP contribution in [0.4, 0.5) is 0 Å². The van der Waals surface area contributed by atoms with E-state index in [9.17, 15) is 15.0 Å². The van der Waals surface area contributed by atoms with E-state index in [-0.39, 0.29) is 0 Å². The van der Waals surface area contributed by atoms with Crippen molar-refractivity contribution in [2.24, 2.45) is 0 Å². The lowest BCUT2D eigenvalue weighted by Crippen LogP contribution is -2.34. The van der Waals surface area contributed by atoms with E-state index < -0.39 is 18.2 Å². The minimum atomic E-state index is -1.40. The molecule has 2 N–H and O–H groups in total. The molecule has 0 saturated heterocycles. The Morgan fingerprint density at radius 3 is 2.12 bits per heavy atom. The highest BCUT2D eigenvalue weighted by atomic mass is 16.5. The number of carbonyl (C=O) groups excluding carboxylic acids is 1. The van der Waals surface area contributed by atoms with Gasteiger partial charge in [0.1, 0.15) is 0 Å². The van der Waals surface area contributed by atoms with Crippen molar-refractivity contribution in [1.82, 2.24) is 0 Å². The molecule has 0 aliphatic carbocycles. The molecule has 0 fully saturated rings. The molecule has 0 rings (SSSR count). The maximum absolute atomic E-state index is 10.9. The second-order valence-corrected chi connectivity index (χ2v) is 4.45. The molecule has 0 aromatic heterocycles. The number of unbranched alkanes of at least 4 members (excludes halogenated alkanes) is 6. The fraction of sp³-hybridized carbons (Fsp3) is 0.923. The van der Waals surface area contributed by atoms with E-state index in [1.807, 2.05) is 0 Å². The SMILES string of the molecule is CCCCCCCCC[C@@H](O)[C@H](O)C(=O)OC. The monoisotopic (exact) mass is 246 g/mol. The van der Waals surface area contributed by atoms with E-state index in [4.69, 9.17) is 0 Å². The van der Waals surface area contributed by atoms with Crippen molar-refractivity contribution in [3.63, 3.8) is 0 Å². The first kappa shape index (κ1) is 16.4. The van der Waals surface area contributed by atoms with Gasteiger partial charge in [-0.05, 0) is 6.42 Å². The maximum atomic E-state index is 10.9. The average molecular weight is 246 g/mol. The zero-order valence-corrected chi connectivity index (χ0v) is 11.0. The van der Waals surface area contributed by atoms with Crippen LogP contribution < -0.4 is 0 Å². The molecule has 0 unspecified atom stereocenters. The summed E-state index contributed by atoms with van der Waals surface area (Å²) in [5.41, 5.74) is 0. The first-order valence-electron chi connectivity index (χ1n) is 6.57. The Labute approximate surface area is 104 Å². The molecule has 0 aromatic carbocycles. The van der Waals surface area contributed by atoms with Crippen molar-refractivity contribution in [2.75, 3.05) is 7.11 Å². The molecule has 0 saturated carbocycles. The van der Waals surface area contributed by atoms with Crippen molar-refractivity contribution in [3.8, 4) is 0 Å². The van der Waals surface area contributed by atoms with Crippen molar-refractivity contribution in [1.29, 1.82) is 0 Å². The lowest BCUT2D eigenvalue weighted by atomic mass is 10.0. The summed E-state index contributed by atoms with van der Waals surface area (Å²) in [6.45, 7) is 2.19. The van der Waals surface area contributed by atoms with E-state index in [1.54, 1.807) is 0 Å². The van der Waals surface area contributed by atoms with Crippen LogP contribution in [0.5, 0.6) is 0 Å². The van der Waals surface area contributed by atoms with Gasteiger partial charge in [-0.2, -0.15) is 0 Å². The predicted molar refractivity (Wildman–Crippen MR) is 66.6 cm³/mol. The summed E-state index contributed by atoms with van der Waals surface area (Å²) in [5.74, 6) is -0.763. The van der Waals surface area contributed by atoms with Crippen LogP contribution >= 0.6 is 0 Å². The molecular formula is C13H26O4. The number of hydrogen-bond acceptors (Lipinski definition) is 4. The predicted octanol–water partition coefficient (Wildman–Crippen LogP) is 2.02. The minimum Gasteiger partial charge on any atom is -0.467 e. The first-order valence-corrected chi connectivity index (χ1v) is 6.57.